The van der Waals surface area contributed by atoms with Gasteiger partial charge in [-0.15, -0.1) is 0 Å². The van der Waals surface area contributed by atoms with Gasteiger partial charge < -0.3 is 9.64 Å². The van der Waals surface area contributed by atoms with E-state index >= 15 is 0 Å². The van der Waals surface area contributed by atoms with Gasteiger partial charge in [0, 0.05) is 12.2 Å². The van der Waals surface area contributed by atoms with Crippen molar-refractivity contribution in [2.45, 2.75) is 0 Å². The van der Waals surface area contributed by atoms with Crippen LogP contribution in [0.4, 0.5) is 0 Å². The van der Waals surface area contributed by atoms with Crippen molar-refractivity contribution in [3.8, 4) is 0 Å². The zero-order valence-electron chi connectivity index (χ0n) is 4.89. The van der Waals surface area contributed by atoms with Gasteiger partial charge in [-0.1, -0.05) is 6.58 Å². The van der Waals surface area contributed by atoms with Gasteiger partial charge in [0.05, 0.1) is 13.2 Å². The van der Waals surface area contributed by atoms with Crippen molar-refractivity contribution in [3.05, 3.63) is 19.3 Å². The molecule has 1 saturated heterocycles. The summed E-state index contributed by atoms with van der Waals surface area (Å²) in [6, 6.07) is 0. The minimum absolute atomic E-state index is 0.642. The van der Waals surface area contributed by atoms with Gasteiger partial charge in [-0.25, -0.2) is 0 Å². The summed E-state index contributed by atoms with van der Waals surface area (Å²) >= 11 is 0. The number of hydrogen-bond acceptors (Lipinski definition) is 2. The third kappa shape index (κ3) is 1.01. The first-order chi connectivity index (χ1) is 3.80. The summed E-state index contributed by atoms with van der Waals surface area (Å²) in [7, 11) is 3.73. The maximum Gasteiger partial charge on any atom is 0.0834 e. The first-order valence-electron chi connectivity index (χ1n) is 2.64. The lowest BCUT2D eigenvalue weighted by molar-refractivity contribution is 0.0914. The fourth-order valence-corrected chi connectivity index (χ4v) is 0.614. The molecule has 1 rings (SSSR count). The molecule has 0 aromatic heterocycles. The van der Waals surface area contributed by atoms with Crippen LogP contribution < -0.4 is 0 Å². The van der Waals surface area contributed by atoms with Crippen molar-refractivity contribution < 1.29 is 4.74 Å². The average molecular weight is 112 g/mol. The maximum absolute atomic E-state index is 5.07. The summed E-state index contributed by atoms with van der Waals surface area (Å²) in [6.45, 7) is 6.03. The summed E-state index contributed by atoms with van der Waals surface area (Å²) in [5.41, 5.74) is 0.969. The fraction of sp³-hybridized carbons (Fsp3) is 0.500. The lowest BCUT2D eigenvalue weighted by Gasteiger charge is -2.33. The minimum Gasteiger partial charge on any atom is -0.525 e. The molecule has 1 heterocycles. The predicted octanol–water partition coefficient (Wildman–Crippen LogP) is 0.624. The van der Waals surface area contributed by atoms with Gasteiger partial charge in [0.1, 0.15) is 0 Å². The molecule has 2 nitrogen and oxygen atoms in total. The van der Waals surface area contributed by atoms with Crippen LogP contribution >= 0.6 is 0 Å². The summed E-state index contributed by atoms with van der Waals surface area (Å²) in [5, 5.41) is 0. The Morgan fingerprint density at radius 1 is 1.75 bits per heavy atom. The van der Waals surface area contributed by atoms with E-state index in [2.05, 4.69) is 13.6 Å². The molecule has 0 atom stereocenters. The number of morpholine rings is 1. The van der Waals surface area contributed by atoms with Crippen LogP contribution in [-0.4, -0.2) is 24.7 Å². The van der Waals surface area contributed by atoms with E-state index in [-0.39, 0.29) is 0 Å². The molecule has 0 spiro atoms. The van der Waals surface area contributed by atoms with E-state index in [4.69, 9.17) is 4.74 Å². The van der Waals surface area contributed by atoms with Crippen LogP contribution in [0.5, 0.6) is 0 Å². The topological polar surface area (TPSA) is 12.5 Å². The van der Waals surface area contributed by atoms with E-state index < -0.39 is 0 Å². The number of rotatable bonds is 0. The van der Waals surface area contributed by atoms with Gasteiger partial charge >= 0.3 is 0 Å². The lowest BCUT2D eigenvalue weighted by Crippen LogP contribution is -2.28. The van der Waals surface area contributed by atoms with Gasteiger partial charge in [-0.05, 0) is 0 Å². The van der Waals surface area contributed by atoms with E-state index in [0.29, 0.717) is 6.61 Å². The Morgan fingerprint density at radius 3 is 2.88 bits per heavy atom. The summed E-state index contributed by atoms with van der Waals surface area (Å²) in [6.07, 6.45) is 0. The number of hydrogen-bond donors (Lipinski definition) is 0. The van der Waals surface area contributed by atoms with E-state index in [1.54, 1.807) is 0 Å². The van der Waals surface area contributed by atoms with Crippen molar-refractivity contribution in [2.24, 2.45) is 0 Å². The summed E-state index contributed by atoms with van der Waals surface area (Å²) in [5.74, 6) is 0. The van der Waals surface area contributed by atoms with Gasteiger partial charge in [-0.3, -0.25) is 7.05 Å². The Bertz CT molecular complexity index is 101. The molecule has 1 aliphatic rings. The van der Waals surface area contributed by atoms with E-state index in [9.17, 15) is 0 Å². The molecule has 1 fully saturated rings. The van der Waals surface area contributed by atoms with Gasteiger partial charge in [0.15, 0.2) is 0 Å². The van der Waals surface area contributed by atoms with Crippen molar-refractivity contribution in [1.82, 2.24) is 4.90 Å². The van der Waals surface area contributed by atoms with Crippen LogP contribution in [0.15, 0.2) is 12.3 Å². The Balaban J connectivity index is 2.39. The molecule has 0 N–H and O–H groups in total. The van der Waals surface area contributed by atoms with Crippen molar-refractivity contribution in [1.29, 1.82) is 0 Å². The highest BCUT2D eigenvalue weighted by Gasteiger charge is 2.01. The molecule has 1 aliphatic heterocycles. The van der Waals surface area contributed by atoms with E-state index in [1.807, 2.05) is 4.90 Å². The molecular formula is C6H10NO-. The second-order valence-electron chi connectivity index (χ2n) is 1.88. The molecular weight excluding hydrogens is 102 g/mol. The molecule has 0 amide bonds. The summed E-state index contributed by atoms with van der Waals surface area (Å²) < 4.78 is 5.07. The van der Waals surface area contributed by atoms with E-state index in [1.165, 1.54) is 0 Å². The molecule has 2 heteroatoms. The molecule has 0 aromatic rings. The first kappa shape index (κ1) is 5.63. The Kier molecular flexibility index (Phi) is 1.53. The quantitative estimate of drug-likeness (QED) is 0.426. The smallest absolute Gasteiger partial charge is 0.0834 e. The zero-order valence-corrected chi connectivity index (χ0v) is 4.89. The lowest BCUT2D eigenvalue weighted by atomic mass is 10.4. The monoisotopic (exact) mass is 112 g/mol. The number of nitrogens with zero attached hydrogens (tertiary/aromatic N) is 1. The van der Waals surface area contributed by atoms with Gasteiger partial charge in [0.2, 0.25) is 0 Å². The van der Waals surface area contributed by atoms with Crippen LogP contribution in [-0.2, 0) is 4.74 Å². The Hall–Kier alpha value is -0.500. The van der Waals surface area contributed by atoms with E-state index in [0.717, 1.165) is 18.8 Å². The number of ether oxygens (including phenoxy) is 1. The first-order valence-corrected chi connectivity index (χ1v) is 2.64. The highest BCUT2D eigenvalue weighted by molar-refractivity contribution is 4.95. The average Bonchev–Trinajstić information content (AvgIpc) is 1.77. The molecule has 0 unspecified atom stereocenters. The van der Waals surface area contributed by atoms with Gasteiger partial charge in [0.25, 0.3) is 0 Å². The van der Waals surface area contributed by atoms with Crippen LogP contribution in [0.2, 0.25) is 0 Å². The third-order valence-corrected chi connectivity index (χ3v) is 1.22. The molecule has 0 radical (unpaired) electrons. The second-order valence-corrected chi connectivity index (χ2v) is 1.88. The van der Waals surface area contributed by atoms with Crippen LogP contribution in [0.25, 0.3) is 0 Å². The van der Waals surface area contributed by atoms with Crippen LogP contribution in [0.3, 0.4) is 0 Å². The molecule has 0 aromatic carbocycles. The highest BCUT2D eigenvalue weighted by Crippen LogP contribution is 2.04. The third-order valence-electron chi connectivity index (χ3n) is 1.22. The predicted molar refractivity (Wildman–Crippen MR) is 32.0 cm³/mol. The normalized spacial score (nSPS) is 21.6. The van der Waals surface area contributed by atoms with Gasteiger partial charge in [-0.2, -0.15) is 0 Å². The van der Waals surface area contributed by atoms with Crippen LogP contribution in [0, 0.1) is 7.05 Å². The van der Waals surface area contributed by atoms with Crippen molar-refractivity contribution in [2.75, 3.05) is 19.8 Å². The molecule has 0 saturated carbocycles. The largest absolute Gasteiger partial charge is 0.525 e. The maximum atomic E-state index is 5.07. The molecule has 8 heavy (non-hydrogen) atoms. The highest BCUT2D eigenvalue weighted by atomic mass is 16.5. The molecule has 46 valence electrons. The second kappa shape index (κ2) is 2.18. The standard InChI is InChI=1S/C6H10NO/c1-6-5-8-4-3-7(6)2/h1-5H2/q-1. The molecule has 0 aliphatic carbocycles. The van der Waals surface area contributed by atoms with Crippen LogP contribution in [0.1, 0.15) is 0 Å². The van der Waals surface area contributed by atoms with Crippen molar-refractivity contribution in [3.63, 3.8) is 0 Å². The fourth-order valence-electron chi connectivity index (χ4n) is 0.614. The minimum atomic E-state index is 0.642. The SMILES string of the molecule is C=C1COCCN1[CH2-]. The zero-order chi connectivity index (χ0) is 5.98. The summed E-state index contributed by atoms with van der Waals surface area (Å²) in [4.78, 5) is 1.86. The molecule has 0 bridgehead atoms. The Morgan fingerprint density at radius 2 is 2.50 bits per heavy atom. The van der Waals surface area contributed by atoms with Crippen molar-refractivity contribution >= 4 is 0 Å². The Labute approximate surface area is 49.7 Å².